The van der Waals surface area contributed by atoms with E-state index in [-0.39, 0.29) is 54.0 Å². The van der Waals surface area contributed by atoms with E-state index in [0.29, 0.717) is 12.8 Å². The molecule has 5 rings (SSSR count). The van der Waals surface area contributed by atoms with E-state index in [1.165, 1.54) is 12.5 Å². The third-order valence-corrected chi connectivity index (χ3v) is 10.2. The first kappa shape index (κ1) is 42.5. The van der Waals surface area contributed by atoms with Crippen LogP contribution in [0, 0.1) is 10.8 Å². The Bertz CT molecular complexity index is 1840. The van der Waals surface area contributed by atoms with E-state index in [2.05, 4.69) is 9.97 Å². The van der Waals surface area contributed by atoms with Gasteiger partial charge < -0.3 is 42.7 Å². The molecular formula is C43H54N2O11. The molecule has 13 nitrogen and oxygen atoms in total. The van der Waals surface area contributed by atoms with Crippen molar-refractivity contribution < 1.29 is 52.3 Å². The van der Waals surface area contributed by atoms with Gasteiger partial charge in [-0.05, 0) is 13.8 Å². The smallest absolute Gasteiger partial charge is 0.360 e. The SMILES string of the molecule is C/C=C/C(O)C(C)(C)C1C/C=C\C2OC2C=CC(OC)Cc2nc(co2)C(=O)OC(C(C)(C)C(O)/C=C/C)C/C=C\C2OC2/C=C\C=Cc2nc(co2)C(=O)O1. The second-order valence-electron chi connectivity index (χ2n) is 15.1. The lowest BCUT2D eigenvalue weighted by atomic mass is 9.79. The zero-order valence-electron chi connectivity index (χ0n) is 33.0. The molecular weight excluding hydrogens is 720 g/mol. The highest BCUT2D eigenvalue weighted by Gasteiger charge is 2.41. The summed E-state index contributed by atoms with van der Waals surface area (Å²) >= 11 is 0. The molecule has 0 amide bonds. The van der Waals surface area contributed by atoms with Gasteiger partial charge in [0.2, 0.25) is 5.89 Å². The van der Waals surface area contributed by atoms with Crippen molar-refractivity contribution in [1.82, 2.24) is 9.97 Å². The fourth-order valence-corrected chi connectivity index (χ4v) is 6.10. The van der Waals surface area contributed by atoms with Crippen LogP contribution in [-0.4, -0.2) is 94.2 Å². The van der Waals surface area contributed by atoms with E-state index in [1.54, 1.807) is 49.6 Å². The molecule has 9 atom stereocenters. The fraction of sp³-hybridized carbons (Fsp3) is 0.488. The van der Waals surface area contributed by atoms with Crippen LogP contribution in [0.5, 0.6) is 0 Å². The number of aliphatic hydroxyl groups is 2. The summed E-state index contributed by atoms with van der Waals surface area (Å²) in [6.07, 6.45) is 24.1. The number of methoxy groups -OCH3 is 1. The summed E-state index contributed by atoms with van der Waals surface area (Å²) in [7, 11) is 1.56. The lowest BCUT2D eigenvalue weighted by Crippen LogP contribution is -2.42. The summed E-state index contributed by atoms with van der Waals surface area (Å²) in [5, 5.41) is 21.9. The van der Waals surface area contributed by atoms with E-state index in [4.69, 9.17) is 32.5 Å². The molecule has 2 aromatic rings. The first-order valence-corrected chi connectivity index (χ1v) is 18.9. The van der Waals surface area contributed by atoms with Gasteiger partial charge in [-0.2, -0.15) is 0 Å². The van der Waals surface area contributed by atoms with Crippen molar-refractivity contribution in [2.75, 3.05) is 7.11 Å². The summed E-state index contributed by atoms with van der Waals surface area (Å²) in [5.41, 5.74) is -1.68. The number of rotatable bonds is 7. The fourth-order valence-electron chi connectivity index (χ4n) is 6.10. The van der Waals surface area contributed by atoms with Crippen molar-refractivity contribution in [2.24, 2.45) is 10.8 Å². The van der Waals surface area contributed by atoms with E-state index in [9.17, 15) is 19.8 Å². The van der Waals surface area contributed by atoms with Gasteiger partial charge in [-0.1, -0.05) is 107 Å². The number of nitrogens with zero attached hydrogens (tertiary/aromatic N) is 2. The van der Waals surface area contributed by atoms with Crippen LogP contribution >= 0.6 is 0 Å². The van der Waals surface area contributed by atoms with Crippen molar-refractivity contribution in [3.05, 3.63) is 115 Å². The summed E-state index contributed by atoms with van der Waals surface area (Å²) in [5.74, 6) is -0.844. The molecule has 0 aliphatic carbocycles. The number of carbonyl (C=O) groups is 2. The highest BCUT2D eigenvalue weighted by Crippen LogP contribution is 2.35. The second-order valence-corrected chi connectivity index (χ2v) is 15.1. The largest absolute Gasteiger partial charge is 0.457 e. The minimum Gasteiger partial charge on any atom is -0.457 e. The molecule has 5 heterocycles. The van der Waals surface area contributed by atoms with Crippen LogP contribution in [0.25, 0.3) is 6.08 Å². The first-order chi connectivity index (χ1) is 26.8. The molecule has 0 aromatic carbocycles. The van der Waals surface area contributed by atoms with Crippen LogP contribution in [-0.2, 0) is 30.1 Å². The Hall–Kier alpha value is -4.66. The number of oxazole rings is 2. The van der Waals surface area contributed by atoms with Gasteiger partial charge in [0.1, 0.15) is 49.2 Å². The number of ether oxygens (including phenoxy) is 5. The molecule has 3 aliphatic rings. The topological polar surface area (TPSA) is 179 Å². The van der Waals surface area contributed by atoms with Crippen LogP contribution in [0.3, 0.4) is 0 Å². The number of aromatic nitrogens is 2. The third-order valence-electron chi connectivity index (χ3n) is 10.2. The van der Waals surface area contributed by atoms with Crippen LogP contribution in [0.15, 0.2) is 100 Å². The monoisotopic (exact) mass is 774 g/mol. The maximum Gasteiger partial charge on any atom is 0.360 e. The van der Waals surface area contributed by atoms with Crippen molar-refractivity contribution >= 4 is 18.0 Å². The number of cyclic esters (lactones) is 2. The molecule has 0 spiro atoms. The maximum atomic E-state index is 13.4. The number of hydrogen-bond donors (Lipinski definition) is 2. The number of allylic oxidation sites excluding steroid dienone is 4. The van der Waals surface area contributed by atoms with E-state index < -0.39 is 53.3 Å². The molecule has 0 saturated carbocycles. The van der Waals surface area contributed by atoms with Gasteiger partial charge in [0.25, 0.3) is 0 Å². The van der Waals surface area contributed by atoms with Crippen molar-refractivity contribution in [2.45, 2.75) is 116 Å². The van der Waals surface area contributed by atoms with Crippen molar-refractivity contribution in [3.63, 3.8) is 0 Å². The Morgan fingerprint density at radius 2 is 1.25 bits per heavy atom. The quantitative estimate of drug-likeness (QED) is 0.178. The zero-order chi connectivity index (χ0) is 40.5. The van der Waals surface area contributed by atoms with Crippen LogP contribution in [0.2, 0.25) is 0 Å². The highest BCUT2D eigenvalue weighted by molar-refractivity contribution is 5.87. The minimum absolute atomic E-state index is 0.00381. The highest BCUT2D eigenvalue weighted by atomic mass is 16.6. The predicted molar refractivity (Wildman–Crippen MR) is 207 cm³/mol. The number of hydrogen-bond acceptors (Lipinski definition) is 13. The molecule has 3 aliphatic heterocycles. The van der Waals surface area contributed by atoms with Gasteiger partial charge in [0, 0.05) is 36.9 Å². The average Bonchev–Trinajstić information content (AvgIpc) is 3.96. The van der Waals surface area contributed by atoms with Gasteiger partial charge in [0.05, 0.1) is 24.7 Å². The minimum atomic E-state index is -0.884. The Morgan fingerprint density at radius 3 is 1.80 bits per heavy atom. The van der Waals surface area contributed by atoms with Gasteiger partial charge in [-0.25, -0.2) is 19.6 Å². The normalized spacial score (nSPS) is 29.8. The first-order valence-electron chi connectivity index (χ1n) is 18.9. The van der Waals surface area contributed by atoms with Crippen LogP contribution in [0.4, 0.5) is 0 Å². The molecule has 4 bridgehead atoms. The number of epoxide rings is 2. The second kappa shape index (κ2) is 19.0. The summed E-state index contributed by atoms with van der Waals surface area (Å²) in [6.45, 7) is 11.0. The van der Waals surface area contributed by atoms with Gasteiger partial charge in [-0.15, -0.1) is 0 Å². The van der Waals surface area contributed by atoms with Gasteiger partial charge in [0.15, 0.2) is 17.3 Å². The zero-order valence-corrected chi connectivity index (χ0v) is 33.0. The maximum absolute atomic E-state index is 13.4. The molecule has 2 N–H and O–H groups in total. The molecule has 2 fully saturated rings. The molecule has 2 aromatic heterocycles. The van der Waals surface area contributed by atoms with Gasteiger partial charge in [-0.3, -0.25) is 0 Å². The van der Waals surface area contributed by atoms with E-state index >= 15 is 0 Å². The number of fused-ring (bicyclic) bond motifs is 6. The molecule has 0 radical (unpaired) electrons. The van der Waals surface area contributed by atoms with Crippen molar-refractivity contribution in [1.29, 1.82) is 0 Å². The molecule has 13 heteroatoms. The lowest BCUT2D eigenvalue weighted by molar-refractivity contribution is -0.0461. The average molecular weight is 775 g/mol. The van der Waals surface area contributed by atoms with Crippen LogP contribution < -0.4 is 0 Å². The van der Waals surface area contributed by atoms with E-state index in [0.717, 1.165) is 0 Å². The summed E-state index contributed by atoms with van der Waals surface area (Å²) in [6, 6.07) is 0. The van der Waals surface area contributed by atoms with E-state index in [1.807, 2.05) is 84.1 Å². The number of carbonyl (C=O) groups excluding carboxylic acids is 2. The predicted octanol–water partition coefficient (Wildman–Crippen LogP) is 6.46. The Labute approximate surface area is 328 Å². The standard InChI is InChI=1S/C43H54N2O11/c1-8-14-34(46)42(3,4)36-20-13-18-32-33(54-32)23-22-27(50-7)24-39-45-29(26-52-39)41(49)56-37(43(5,6)35(47)15-9-2)19-12-17-31-30(53-31)16-10-11-21-38-44-28(25-51-38)40(48)55-36/h8-18,21-23,25-27,30-37,46-47H,19-20,24H2,1-7H3/b14-8+,15-9+,16-10-,17-12-,18-13-,21-11?,23-22?. The Morgan fingerprint density at radius 1 is 0.732 bits per heavy atom. The summed E-state index contributed by atoms with van der Waals surface area (Å²) in [4.78, 5) is 35.3. The lowest BCUT2D eigenvalue weighted by Gasteiger charge is -2.36. The Kier molecular flexibility index (Phi) is 14.4. The number of esters is 2. The Balaban J connectivity index is 1.37. The number of aliphatic hydroxyl groups excluding tert-OH is 2. The molecule has 9 unspecified atom stereocenters. The van der Waals surface area contributed by atoms with Gasteiger partial charge >= 0.3 is 11.9 Å². The van der Waals surface area contributed by atoms with Crippen LogP contribution in [0.1, 0.15) is 87.1 Å². The van der Waals surface area contributed by atoms with Crippen molar-refractivity contribution in [3.8, 4) is 0 Å². The third kappa shape index (κ3) is 11.2. The molecule has 56 heavy (non-hydrogen) atoms. The summed E-state index contributed by atoms with van der Waals surface area (Å²) < 4.78 is 40.3. The molecule has 2 saturated heterocycles. The molecule has 302 valence electrons.